The van der Waals surface area contributed by atoms with Gasteiger partial charge in [-0.25, -0.2) is 13.1 Å². The Hall–Kier alpha value is -2.09. The maximum absolute atomic E-state index is 12.6. The molecule has 1 aliphatic rings. The summed E-state index contributed by atoms with van der Waals surface area (Å²) in [4.78, 5) is 2.26. The topological polar surface area (TPSA) is 67.9 Å². The molecule has 0 saturated carbocycles. The third kappa shape index (κ3) is 4.75. The number of fused-ring (bicyclic) bond motifs is 1. The van der Waals surface area contributed by atoms with Gasteiger partial charge in [-0.05, 0) is 37.4 Å². The van der Waals surface area contributed by atoms with E-state index in [1.807, 2.05) is 38.4 Å². The van der Waals surface area contributed by atoms with Crippen LogP contribution in [0.3, 0.4) is 0 Å². The van der Waals surface area contributed by atoms with Crippen LogP contribution in [0, 0.1) is 0 Å². The average Bonchev–Trinajstić information content (AvgIpc) is 2.85. The van der Waals surface area contributed by atoms with E-state index in [0.29, 0.717) is 24.7 Å². The van der Waals surface area contributed by atoms with Gasteiger partial charge in [0.25, 0.3) is 0 Å². The molecule has 2 aromatic rings. The van der Waals surface area contributed by atoms with Crippen molar-refractivity contribution in [2.75, 3.05) is 27.3 Å². The Morgan fingerprint density at radius 1 is 0.962 bits per heavy atom. The van der Waals surface area contributed by atoms with E-state index in [2.05, 4.69) is 9.62 Å². The van der Waals surface area contributed by atoms with E-state index in [0.717, 1.165) is 18.5 Å². The molecule has 3 rings (SSSR count). The van der Waals surface area contributed by atoms with Crippen molar-refractivity contribution in [2.45, 2.75) is 24.4 Å². The third-order valence-electron chi connectivity index (χ3n) is 4.02. The minimum absolute atomic E-state index is 0.172. The summed E-state index contributed by atoms with van der Waals surface area (Å²) in [6.07, 6.45) is 0.777. The molecule has 0 radical (unpaired) electrons. The molecule has 0 atom stereocenters. The van der Waals surface area contributed by atoms with Gasteiger partial charge in [0.15, 0.2) is 11.5 Å². The van der Waals surface area contributed by atoms with E-state index in [1.165, 1.54) is 17.7 Å². The lowest BCUT2D eigenvalue weighted by molar-refractivity contribution is 0.297. The Morgan fingerprint density at radius 2 is 1.62 bits per heavy atom. The second-order valence-corrected chi connectivity index (χ2v) is 8.30. The van der Waals surface area contributed by atoms with Crippen LogP contribution in [0.4, 0.5) is 0 Å². The van der Waals surface area contributed by atoms with Gasteiger partial charge in [0.05, 0.1) is 18.1 Å². The smallest absolute Gasteiger partial charge is 0.241 e. The van der Waals surface area contributed by atoms with Crippen LogP contribution < -0.4 is 14.2 Å². The molecule has 1 N–H and O–H groups in total. The molecule has 7 heteroatoms. The molecule has 0 amide bonds. The molecule has 1 heterocycles. The Labute approximate surface area is 154 Å². The molecule has 2 aromatic carbocycles. The van der Waals surface area contributed by atoms with Crippen LogP contribution in [0.15, 0.2) is 47.4 Å². The van der Waals surface area contributed by atoms with Gasteiger partial charge >= 0.3 is 0 Å². The molecule has 140 valence electrons. The average molecular weight is 376 g/mol. The fourth-order valence-electron chi connectivity index (χ4n) is 2.70. The maximum Gasteiger partial charge on any atom is 0.241 e. The quantitative estimate of drug-likeness (QED) is 0.838. The third-order valence-corrected chi connectivity index (χ3v) is 5.42. The van der Waals surface area contributed by atoms with Crippen LogP contribution in [0.1, 0.15) is 17.5 Å². The molecule has 0 aromatic heterocycles. The van der Waals surface area contributed by atoms with Crippen molar-refractivity contribution in [1.29, 1.82) is 0 Å². The summed E-state index contributed by atoms with van der Waals surface area (Å²) in [6, 6.07) is 12.6. The minimum Gasteiger partial charge on any atom is -0.490 e. The van der Waals surface area contributed by atoms with Crippen molar-refractivity contribution >= 4 is 10.0 Å². The van der Waals surface area contributed by atoms with Crippen molar-refractivity contribution in [3.05, 3.63) is 53.6 Å². The predicted molar refractivity (Wildman–Crippen MR) is 99.9 cm³/mol. The first-order valence-electron chi connectivity index (χ1n) is 8.56. The van der Waals surface area contributed by atoms with Crippen LogP contribution in [0.2, 0.25) is 0 Å². The summed E-state index contributed by atoms with van der Waals surface area (Å²) in [6.45, 7) is 2.17. The van der Waals surface area contributed by atoms with Crippen molar-refractivity contribution < 1.29 is 17.9 Å². The molecule has 0 unspecified atom stereocenters. The van der Waals surface area contributed by atoms with E-state index < -0.39 is 10.0 Å². The Bertz CT molecular complexity index is 848. The first kappa shape index (κ1) is 18.7. The molecule has 0 spiro atoms. The number of rotatable bonds is 6. The van der Waals surface area contributed by atoms with E-state index in [4.69, 9.17) is 9.47 Å². The summed E-state index contributed by atoms with van der Waals surface area (Å²) >= 11 is 0. The SMILES string of the molecule is CN(C)Cc1ccc(CNS(=O)(=O)c2ccc3c(c2)OCCCO3)cc1. The zero-order valence-corrected chi connectivity index (χ0v) is 15.9. The Morgan fingerprint density at radius 3 is 2.31 bits per heavy atom. The first-order chi connectivity index (χ1) is 12.4. The number of nitrogens with zero attached hydrogens (tertiary/aromatic N) is 1. The molecule has 26 heavy (non-hydrogen) atoms. The molecular formula is C19H24N2O4S. The highest BCUT2D eigenvalue weighted by Crippen LogP contribution is 2.31. The number of nitrogens with one attached hydrogen (secondary N) is 1. The standard InChI is InChI=1S/C19H24N2O4S/c1-21(2)14-16-6-4-15(5-7-16)13-20-26(22,23)17-8-9-18-19(12-17)25-11-3-10-24-18/h4-9,12,20H,3,10-11,13-14H2,1-2H3. The van der Waals surface area contributed by atoms with Gasteiger partial charge in [-0.1, -0.05) is 24.3 Å². The van der Waals surface area contributed by atoms with Gasteiger partial charge in [0.2, 0.25) is 10.0 Å². The second-order valence-electron chi connectivity index (χ2n) is 6.54. The normalized spacial score (nSPS) is 14.3. The summed E-state index contributed by atoms with van der Waals surface area (Å²) in [5.74, 6) is 1.05. The van der Waals surface area contributed by atoms with Gasteiger partial charge in [-0.15, -0.1) is 0 Å². The summed E-state index contributed by atoms with van der Waals surface area (Å²) in [5.41, 5.74) is 2.09. The zero-order chi connectivity index (χ0) is 18.6. The van der Waals surface area contributed by atoms with Crippen molar-refractivity contribution in [3.8, 4) is 11.5 Å². The number of ether oxygens (including phenoxy) is 2. The van der Waals surface area contributed by atoms with Gasteiger partial charge < -0.3 is 14.4 Å². The molecule has 1 aliphatic heterocycles. The summed E-state index contributed by atoms with van der Waals surface area (Å²) in [7, 11) is 0.396. The van der Waals surface area contributed by atoms with Crippen molar-refractivity contribution in [3.63, 3.8) is 0 Å². The van der Waals surface area contributed by atoms with Crippen molar-refractivity contribution in [2.24, 2.45) is 0 Å². The molecular weight excluding hydrogens is 352 g/mol. The van der Waals surface area contributed by atoms with Gasteiger partial charge in [0.1, 0.15) is 0 Å². The Kier molecular flexibility index (Phi) is 5.80. The maximum atomic E-state index is 12.6. The molecule has 6 nitrogen and oxygen atoms in total. The van der Waals surface area contributed by atoms with Crippen LogP contribution in [-0.2, 0) is 23.1 Å². The lowest BCUT2D eigenvalue weighted by Gasteiger charge is -2.12. The fraction of sp³-hybridized carbons (Fsp3) is 0.368. The lowest BCUT2D eigenvalue weighted by Crippen LogP contribution is -2.23. The van der Waals surface area contributed by atoms with Crippen LogP contribution in [-0.4, -0.2) is 40.6 Å². The highest BCUT2D eigenvalue weighted by Gasteiger charge is 2.18. The lowest BCUT2D eigenvalue weighted by atomic mass is 10.1. The number of sulfonamides is 1. The first-order valence-corrected chi connectivity index (χ1v) is 10.0. The largest absolute Gasteiger partial charge is 0.490 e. The fourth-order valence-corrected chi connectivity index (χ4v) is 3.73. The summed E-state index contributed by atoms with van der Waals surface area (Å²) < 4.78 is 38.9. The molecule has 0 aliphatic carbocycles. The van der Waals surface area contributed by atoms with Crippen LogP contribution in [0.5, 0.6) is 11.5 Å². The van der Waals surface area contributed by atoms with Crippen molar-refractivity contribution in [1.82, 2.24) is 9.62 Å². The molecule has 0 bridgehead atoms. The highest BCUT2D eigenvalue weighted by atomic mass is 32.2. The molecule has 0 fully saturated rings. The second kappa shape index (κ2) is 8.07. The van der Waals surface area contributed by atoms with E-state index in [1.54, 1.807) is 6.07 Å². The monoisotopic (exact) mass is 376 g/mol. The van der Waals surface area contributed by atoms with Gasteiger partial charge in [-0.2, -0.15) is 0 Å². The summed E-state index contributed by atoms with van der Waals surface area (Å²) in [5, 5.41) is 0. The molecule has 0 saturated heterocycles. The van der Waals surface area contributed by atoms with E-state index in [9.17, 15) is 8.42 Å². The predicted octanol–water partition coefficient (Wildman–Crippen LogP) is 2.39. The zero-order valence-electron chi connectivity index (χ0n) is 15.1. The minimum atomic E-state index is -3.63. The van der Waals surface area contributed by atoms with E-state index >= 15 is 0 Å². The number of hydrogen-bond acceptors (Lipinski definition) is 5. The Balaban J connectivity index is 1.68. The number of hydrogen-bond donors (Lipinski definition) is 1. The van der Waals surface area contributed by atoms with Gasteiger partial charge in [-0.3, -0.25) is 0 Å². The highest BCUT2D eigenvalue weighted by molar-refractivity contribution is 7.89. The van der Waals surface area contributed by atoms with Crippen LogP contribution >= 0.6 is 0 Å². The van der Waals surface area contributed by atoms with Gasteiger partial charge in [0, 0.05) is 25.6 Å². The van der Waals surface area contributed by atoms with Crippen LogP contribution in [0.25, 0.3) is 0 Å². The number of benzene rings is 2. The van der Waals surface area contributed by atoms with E-state index in [-0.39, 0.29) is 11.4 Å².